The van der Waals surface area contributed by atoms with Gasteiger partial charge in [-0.1, -0.05) is 6.92 Å². The number of nitrogens with zero attached hydrogens (tertiary/aromatic N) is 2. The maximum atomic E-state index is 10.5. The number of carbonyl (C=O) groups is 1. The number of hydrogen-bond acceptors (Lipinski definition) is 3. The van der Waals surface area contributed by atoms with Crippen molar-refractivity contribution in [2.45, 2.75) is 32.2 Å². The summed E-state index contributed by atoms with van der Waals surface area (Å²) in [5.74, 6) is -0.701. The summed E-state index contributed by atoms with van der Waals surface area (Å²) < 4.78 is 0. The van der Waals surface area contributed by atoms with E-state index in [9.17, 15) is 4.79 Å². The Morgan fingerprint density at radius 2 is 2.07 bits per heavy atom. The molecule has 0 saturated carbocycles. The Morgan fingerprint density at radius 3 is 2.53 bits per heavy atom. The molecule has 0 atom stereocenters. The molecule has 0 aromatic rings. The maximum absolute atomic E-state index is 10.5. The van der Waals surface area contributed by atoms with E-state index < -0.39 is 5.97 Å². The molecule has 1 aliphatic heterocycles. The molecule has 1 saturated heterocycles. The minimum atomic E-state index is -0.701. The van der Waals surface area contributed by atoms with Gasteiger partial charge in [0.05, 0.1) is 6.42 Å². The third kappa shape index (κ3) is 4.18. The average Bonchev–Trinajstić information content (AvgIpc) is 2.26. The second kappa shape index (κ2) is 6.08. The standard InChI is InChI=1S/C11H22N2O2/c1-3-13-8-4-10(5-9-13)12(2)7-6-11(14)15/h10H,3-9H2,1-2H3,(H,14,15). The molecule has 1 N–H and O–H groups in total. The summed E-state index contributed by atoms with van der Waals surface area (Å²) in [6.07, 6.45) is 2.60. The number of piperidine rings is 1. The molecule has 15 heavy (non-hydrogen) atoms. The Hall–Kier alpha value is -0.610. The van der Waals surface area contributed by atoms with Crippen molar-refractivity contribution < 1.29 is 9.90 Å². The van der Waals surface area contributed by atoms with E-state index in [2.05, 4.69) is 16.7 Å². The van der Waals surface area contributed by atoms with Gasteiger partial charge in [-0.25, -0.2) is 0 Å². The second-order valence-electron chi connectivity index (χ2n) is 4.29. The fourth-order valence-corrected chi connectivity index (χ4v) is 2.13. The molecule has 0 amide bonds. The van der Waals surface area contributed by atoms with Crippen LogP contribution < -0.4 is 0 Å². The summed E-state index contributed by atoms with van der Waals surface area (Å²) in [4.78, 5) is 15.1. The van der Waals surface area contributed by atoms with Gasteiger partial charge in [0.25, 0.3) is 0 Å². The van der Waals surface area contributed by atoms with Gasteiger partial charge >= 0.3 is 5.97 Å². The van der Waals surface area contributed by atoms with Crippen LogP contribution in [0.1, 0.15) is 26.2 Å². The lowest BCUT2D eigenvalue weighted by atomic mass is 10.0. The van der Waals surface area contributed by atoms with Gasteiger partial charge in [0.15, 0.2) is 0 Å². The first-order chi connectivity index (χ1) is 7.13. The lowest BCUT2D eigenvalue weighted by Gasteiger charge is -2.36. The third-order valence-corrected chi connectivity index (χ3v) is 3.31. The lowest BCUT2D eigenvalue weighted by molar-refractivity contribution is -0.137. The molecule has 0 radical (unpaired) electrons. The molecule has 4 heteroatoms. The number of aliphatic carboxylic acids is 1. The molecule has 0 spiro atoms. The average molecular weight is 214 g/mol. The molecular weight excluding hydrogens is 192 g/mol. The summed E-state index contributed by atoms with van der Waals surface area (Å²) in [5.41, 5.74) is 0. The molecule has 1 fully saturated rings. The normalized spacial score (nSPS) is 19.7. The van der Waals surface area contributed by atoms with Crippen LogP contribution >= 0.6 is 0 Å². The van der Waals surface area contributed by atoms with Crippen LogP contribution in [-0.2, 0) is 4.79 Å². The quantitative estimate of drug-likeness (QED) is 0.738. The smallest absolute Gasteiger partial charge is 0.304 e. The van der Waals surface area contributed by atoms with Crippen molar-refractivity contribution in [2.75, 3.05) is 33.2 Å². The lowest BCUT2D eigenvalue weighted by Crippen LogP contribution is -2.43. The minimum absolute atomic E-state index is 0.254. The molecule has 1 aliphatic rings. The molecule has 0 aromatic heterocycles. The molecule has 1 heterocycles. The van der Waals surface area contributed by atoms with E-state index in [0.717, 1.165) is 19.6 Å². The first-order valence-electron chi connectivity index (χ1n) is 5.78. The van der Waals surface area contributed by atoms with Crippen LogP contribution in [0.4, 0.5) is 0 Å². The monoisotopic (exact) mass is 214 g/mol. The highest BCUT2D eigenvalue weighted by atomic mass is 16.4. The third-order valence-electron chi connectivity index (χ3n) is 3.31. The van der Waals surface area contributed by atoms with Gasteiger partial charge in [-0.3, -0.25) is 4.79 Å². The van der Waals surface area contributed by atoms with E-state index in [4.69, 9.17) is 5.11 Å². The number of likely N-dealkylation sites (tertiary alicyclic amines) is 1. The van der Waals surface area contributed by atoms with Crippen molar-refractivity contribution in [2.24, 2.45) is 0 Å². The molecule has 88 valence electrons. The summed E-state index contributed by atoms with van der Waals surface area (Å²) in [7, 11) is 2.04. The van der Waals surface area contributed by atoms with Gasteiger partial charge in [0.1, 0.15) is 0 Å². The summed E-state index contributed by atoms with van der Waals surface area (Å²) in [6, 6.07) is 0.576. The highest BCUT2D eigenvalue weighted by Crippen LogP contribution is 2.15. The van der Waals surface area contributed by atoms with Gasteiger partial charge in [0, 0.05) is 12.6 Å². The topological polar surface area (TPSA) is 43.8 Å². The van der Waals surface area contributed by atoms with Crippen LogP contribution in [0, 0.1) is 0 Å². The Morgan fingerprint density at radius 1 is 1.47 bits per heavy atom. The number of carboxylic acid groups (broad SMARTS) is 1. The first kappa shape index (κ1) is 12.5. The highest BCUT2D eigenvalue weighted by molar-refractivity contribution is 5.66. The predicted octanol–water partition coefficient (Wildman–Crippen LogP) is 0.877. The number of rotatable bonds is 5. The Bertz CT molecular complexity index is 201. The molecule has 4 nitrogen and oxygen atoms in total. The van der Waals surface area contributed by atoms with E-state index in [1.807, 2.05) is 7.05 Å². The van der Waals surface area contributed by atoms with Gasteiger partial charge < -0.3 is 14.9 Å². The Labute approximate surface area is 91.9 Å². The van der Waals surface area contributed by atoms with Gasteiger partial charge in [-0.2, -0.15) is 0 Å². The molecule has 0 aromatic carbocycles. The molecule has 0 unspecified atom stereocenters. The van der Waals surface area contributed by atoms with E-state index in [0.29, 0.717) is 12.6 Å². The van der Waals surface area contributed by atoms with E-state index in [-0.39, 0.29) is 6.42 Å². The largest absolute Gasteiger partial charge is 0.481 e. The van der Waals surface area contributed by atoms with Gasteiger partial charge in [-0.15, -0.1) is 0 Å². The van der Waals surface area contributed by atoms with Crippen molar-refractivity contribution in [1.29, 1.82) is 0 Å². The van der Waals surface area contributed by atoms with Crippen molar-refractivity contribution >= 4 is 5.97 Å². The zero-order chi connectivity index (χ0) is 11.3. The minimum Gasteiger partial charge on any atom is -0.481 e. The molecular formula is C11H22N2O2. The summed E-state index contributed by atoms with van der Waals surface area (Å²) in [6.45, 7) is 6.29. The Balaban J connectivity index is 2.23. The fourth-order valence-electron chi connectivity index (χ4n) is 2.13. The van der Waals surface area contributed by atoms with Crippen LogP contribution in [0.2, 0.25) is 0 Å². The fraction of sp³-hybridized carbons (Fsp3) is 0.909. The predicted molar refractivity (Wildman–Crippen MR) is 60.0 cm³/mol. The molecule has 1 rings (SSSR count). The molecule has 0 bridgehead atoms. The molecule has 0 aliphatic carbocycles. The van der Waals surface area contributed by atoms with Crippen LogP contribution in [0.25, 0.3) is 0 Å². The van der Waals surface area contributed by atoms with Crippen LogP contribution in [0.3, 0.4) is 0 Å². The zero-order valence-corrected chi connectivity index (χ0v) is 9.78. The van der Waals surface area contributed by atoms with Crippen LogP contribution in [0.5, 0.6) is 0 Å². The SMILES string of the molecule is CCN1CCC(N(C)CCC(=O)O)CC1. The summed E-state index contributed by atoms with van der Waals surface area (Å²) in [5, 5.41) is 8.61. The van der Waals surface area contributed by atoms with Crippen molar-refractivity contribution in [1.82, 2.24) is 9.80 Å². The van der Waals surface area contributed by atoms with Gasteiger partial charge in [0.2, 0.25) is 0 Å². The first-order valence-corrected chi connectivity index (χ1v) is 5.78. The van der Waals surface area contributed by atoms with Gasteiger partial charge in [-0.05, 0) is 39.5 Å². The van der Waals surface area contributed by atoms with E-state index in [1.54, 1.807) is 0 Å². The van der Waals surface area contributed by atoms with Crippen LogP contribution in [-0.4, -0.2) is 60.1 Å². The highest BCUT2D eigenvalue weighted by Gasteiger charge is 2.21. The number of carboxylic acids is 1. The van der Waals surface area contributed by atoms with Crippen molar-refractivity contribution in [3.05, 3.63) is 0 Å². The summed E-state index contributed by atoms with van der Waals surface area (Å²) >= 11 is 0. The van der Waals surface area contributed by atoms with Crippen molar-refractivity contribution in [3.63, 3.8) is 0 Å². The number of hydrogen-bond donors (Lipinski definition) is 1. The van der Waals surface area contributed by atoms with Crippen molar-refractivity contribution in [3.8, 4) is 0 Å². The van der Waals surface area contributed by atoms with Crippen LogP contribution in [0.15, 0.2) is 0 Å². The second-order valence-corrected chi connectivity index (χ2v) is 4.29. The maximum Gasteiger partial charge on any atom is 0.304 e. The Kier molecular flexibility index (Phi) is 5.05. The van der Waals surface area contributed by atoms with E-state index in [1.165, 1.54) is 12.8 Å². The van der Waals surface area contributed by atoms with E-state index >= 15 is 0 Å². The zero-order valence-electron chi connectivity index (χ0n) is 9.78.